The number of nitrogens with two attached hydrogens (primary N) is 1. The standard InChI is InChI=1S/C11H18N4O2/c1-8-6-15(3-4-17-8)11-5-9(12)13-10(14-11)7-16-2/h5,8H,3-4,6-7H2,1-2H3,(H2,12,13,14). The smallest absolute Gasteiger partial charge is 0.158 e. The number of hydrogen-bond donors (Lipinski definition) is 1. The maximum absolute atomic E-state index is 5.77. The molecule has 1 aliphatic rings. The fraction of sp³-hybridized carbons (Fsp3) is 0.636. The maximum atomic E-state index is 5.77. The summed E-state index contributed by atoms with van der Waals surface area (Å²) in [6, 6.07) is 1.79. The molecular formula is C11H18N4O2. The summed E-state index contributed by atoms with van der Waals surface area (Å²) in [5.74, 6) is 1.93. The van der Waals surface area contributed by atoms with Gasteiger partial charge in [-0.3, -0.25) is 0 Å². The Hall–Kier alpha value is -1.40. The summed E-state index contributed by atoms with van der Waals surface area (Å²) in [5.41, 5.74) is 5.77. The van der Waals surface area contributed by atoms with Crippen molar-refractivity contribution in [3.8, 4) is 0 Å². The summed E-state index contributed by atoms with van der Waals surface area (Å²) in [7, 11) is 1.61. The van der Waals surface area contributed by atoms with Crippen LogP contribution in [0.25, 0.3) is 0 Å². The highest BCUT2D eigenvalue weighted by atomic mass is 16.5. The Balaban J connectivity index is 2.18. The molecule has 2 heterocycles. The molecular weight excluding hydrogens is 220 g/mol. The van der Waals surface area contributed by atoms with E-state index in [2.05, 4.69) is 14.9 Å². The van der Waals surface area contributed by atoms with Crippen LogP contribution in [0.5, 0.6) is 0 Å². The molecule has 0 aromatic carbocycles. The highest BCUT2D eigenvalue weighted by Crippen LogP contribution is 2.17. The van der Waals surface area contributed by atoms with Crippen molar-refractivity contribution in [3.63, 3.8) is 0 Å². The van der Waals surface area contributed by atoms with E-state index in [0.29, 0.717) is 24.9 Å². The molecule has 1 aromatic heterocycles. The first-order valence-corrected chi connectivity index (χ1v) is 5.68. The van der Waals surface area contributed by atoms with E-state index in [1.807, 2.05) is 6.92 Å². The Labute approximate surface area is 101 Å². The van der Waals surface area contributed by atoms with Gasteiger partial charge in [-0.05, 0) is 6.92 Å². The average Bonchev–Trinajstić information content (AvgIpc) is 2.28. The van der Waals surface area contributed by atoms with Crippen LogP contribution in [0.1, 0.15) is 12.7 Å². The van der Waals surface area contributed by atoms with E-state index >= 15 is 0 Å². The second-order valence-electron chi connectivity index (χ2n) is 4.13. The zero-order chi connectivity index (χ0) is 12.3. The lowest BCUT2D eigenvalue weighted by Gasteiger charge is -2.32. The van der Waals surface area contributed by atoms with Crippen LogP contribution in [-0.4, -0.2) is 42.9 Å². The number of aromatic nitrogens is 2. The van der Waals surface area contributed by atoms with Crippen molar-refractivity contribution >= 4 is 11.6 Å². The molecule has 1 saturated heterocycles. The normalized spacial score (nSPS) is 20.6. The van der Waals surface area contributed by atoms with Crippen molar-refractivity contribution in [2.45, 2.75) is 19.6 Å². The third-order valence-corrected chi connectivity index (χ3v) is 2.62. The molecule has 6 heteroatoms. The van der Waals surface area contributed by atoms with E-state index in [1.54, 1.807) is 13.2 Å². The number of ether oxygens (including phenoxy) is 2. The second kappa shape index (κ2) is 5.29. The highest BCUT2D eigenvalue weighted by molar-refractivity contribution is 5.47. The van der Waals surface area contributed by atoms with Gasteiger partial charge in [-0.25, -0.2) is 9.97 Å². The molecule has 1 aromatic rings. The summed E-state index contributed by atoms with van der Waals surface area (Å²) >= 11 is 0. The van der Waals surface area contributed by atoms with Gasteiger partial charge in [0.1, 0.15) is 18.2 Å². The molecule has 1 aliphatic heterocycles. The summed E-state index contributed by atoms with van der Waals surface area (Å²) in [6.45, 7) is 4.78. The fourth-order valence-corrected chi connectivity index (χ4v) is 1.89. The summed E-state index contributed by atoms with van der Waals surface area (Å²) in [4.78, 5) is 10.7. The van der Waals surface area contributed by atoms with Gasteiger partial charge in [-0.2, -0.15) is 0 Å². The van der Waals surface area contributed by atoms with Crippen LogP contribution in [0.3, 0.4) is 0 Å². The monoisotopic (exact) mass is 238 g/mol. The Bertz CT molecular complexity index is 386. The molecule has 6 nitrogen and oxygen atoms in total. The van der Waals surface area contributed by atoms with Gasteiger partial charge >= 0.3 is 0 Å². The van der Waals surface area contributed by atoms with E-state index in [4.69, 9.17) is 15.2 Å². The van der Waals surface area contributed by atoms with E-state index < -0.39 is 0 Å². The van der Waals surface area contributed by atoms with Gasteiger partial charge in [0, 0.05) is 26.3 Å². The molecule has 0 amide bonds. The lowest BCUT2D eigenvalue weighted by molar-refractivity contribution is 0.0529. The van der Waals surface area contributed by atoms with Gasteiger partial charge in [0.05, 0.1) is 12.7 Å². The van der Waals surface area contributed by atoms with Crippen molar-refractivity contribution in [2.24, 2.45) is 0 Å². The molecule has 0 radical (unpaired) electrons. The average molecular weight is 238 g/mol. The van der Waals surface area contributed by atoms with Crippen LogP contribution in [0, 0.1) is 0 Å². The van der Waals surface area contributed by atoms with E-state index in [9.17, 15) is 0 Å². The number of nitrogens with zero attached hydrogens (tertiary/aromatic N) is 3. The highest BCUT2D eigenvalue weighted by Gasteiger charge is 2.18. The van der Waals surface area contributed by atoms with Crippen molar-refractivity contribution in [1.29, 1.82) is 0 Å². The molecule has 17 heavy (non-hydrogen) atoms. The van der Waals surface area contributed by atoms with Crippen LogP contribution >= 0.6 is 0 Å². The molecule has 1 atom stereocenters. The predicted octanol–water partition coefficient (Wildman–Crippen LogP) is 0.430. The number of hydrogen-bond acceptors (Lipinski definition) is 6. The minimum absolute atomic E-state index is 0.214. The molecule has 1 unspecified atom stereocenters. The van der Waals surface area contributed by atoms with Gasteiger partial charge < -0.3 is 20.1 Å². The van der Waals surface area contributed by atoms with E-state index in [1.165, 1.54) is 0 Å². The molecule has 94 valence electrons. The summed E-state index contributed by atoms with van der Waals surface area (Å²) < 4.78 is 10.5. The van der Waals surface area contributed by atoms with Crippen LogP contribution in [0.15, 0.2) is 6.07 Å². The van der Waals surface area contributed by atoms with Gasteiger partial charge in [0.25, 0.3) is 0 Å². The number of anilines is 2. The largest absolute Gasteiger partial charge is 0.384 e. The van der Waals surface area contributed by atoms with E-state index in [-0.39, 0.29) is 6.10 Å². The van der Waals surface area contributed by atoms with Crippen molar-refractivity contribution in [1.82, 2.24) is 9.97 Å². The molecule has 2 N–H and O–H groups in total. The number of rotatable bonds is 3. The minimum Gasteiger partial charge on any atom is -0.384 e. The quantitative estimate of drug-likeness (QED) is 0.823. The number of morpholine rings is 1. The SMILES string of the molecule is COCc1nc(N)cc(N2CCOC(C)C2)n1. The van der Waals surface area contributed by atoms with Crippen molar-refractivity contribution < 1.29 is 9.47 Å². The molecule has 0 spiro atoms. The zero-order valence-electron chi connectivity index (χ0n) is 10.2. The molecule has 1 fully saturated rings. The van der Waals surface area contributed by atoms with Crippen molar-refractivity contribution in [2.75, 3.05) is 37.4 Å². The maximum Gasteiger partial charge on any atom is 0.158 e. The Morgan fingerprint density at radius 3 is 3.12 bits per heavy atom. The molecule has 2 rings (SSSR count). The molecule has 0 saturated carbocycles. The fourth-order valence-electron chi connectivity index (χ4n) is 1.89. The first kappa shape index (κ1) is 12.1. The third kappa shape index (κ3) is 3.04. The lowest BCUT2D eigenvalue weighted by Crippen LogP contribution is -2.41. The van der Waals surface area contributed by atoms with Crippen LogP contribution in [0.2, 0.25) is 0 Å². The first-order chi connectivity index (χ1) is 8.19. The zero-order valence-corrected chi connectivity index (χ0v) is 10.2. The first-order valence-electron chi connectivity index (χ1n) is 5.68. The Kier molecular flexibility index (Phi) is 3.75. The number of nitrogen functional groups attached to an aromatic ring is 1. The molecule has 0 bridgehead atoms. The third-order valence-electron chi connectivity index (χ3n) is 2.62. The lowest BCUT2D eigenvalue weighted by atomic mass is 10.3. The Morgan fingerprint density at radius 1 is 1.59 bits per heavy atom. The van der Waals surface area contributed by atoms with E-state index in [0.717, 1.165) is 18.9 Å². The minimum atomic E-state index is 0.214. The number of methoxy groups -OCH3 is 1. The van der Waals surface area contributed by atoms with Crippen LogP contribution in [-0.2, 0) is 16.1 Å². The van der Waals surface area contributed by atoms with Gasteiger partial charge in [-0.15, -0.1) is 0 Å². The topological polar surface area (TPSA) is 73.5 Å². The summed E-state index contributed by atoms with van der Waals surface area (Å²) in [6.07, 6.45) is 0.214. The van der Waals surface area contributed by atoms with Gasteiger partial charge in [0.2, 0.25) is 0 Å². The van der Waals surface area contributed by atoms with Gasteiger partial charge in [-0.1, -0.05) is 0 Å². The van der Waals surface area contributed by atoms with Crippen LogP contribution in [0.4, 0.5) is 11.6 Å². The second-order valence-corrected chi connectivity index (χ2v) is 4.13. The van der Waals surface area contributed by atoms with Gasteiger partial charge in [0.15, 0.2) is 5.82 Å². The Morgan fingerprint density at radius 2 is 2.41 bits per heavy atom. The van der Waals surface area contributed by atoms with Crippen LogP contribution < -0.4 is 10.6 Å². The summed E-state index contributed by atoms with van der Waals surface area (Å²) in [5, 5.41) is 0. The molecule has 0 aliphatic carbocycles. The predicted molar refractivity (Wildman–Crippen MR) is 64.8 cm³/mol. The van der Waals surface area contributed by atoms with Crippen molar-refractivity contribution in [3.05, 3.63) is 11.9 Å².